The molecule has 5 aromatic rings. The first-order chi connectivity index (χ1) is 27.7. The van der Waals surface area contributed by atoms with E-state index in [1.165, 1.54) is 44.6 Å². The second-order valence-electron chi connectivity index (χ2n) is 10.8. The van der Waals surface area contributed by atoms with E-state index in [0.717, 1.165) is 35.4 Å². The summed E-state index contributed by atoms with van der Waals surface area (Å²) in [6, 6.07) is 28.9. The number of nitro groups is 3. The number of phenolic OH excluding ortho intramolecular Hbond substituents is 1. The third-order valence-electron chi connectivity index (χ3n) is 7.05. The van der Waals surface area contributed by atoms with Crippen LogP contribution in [0.15, 0.2) is 115 Å². The molecule has 304 valence electrons. The molecule has 0 saturated carbocycles. The van der Waals surface area contributed by atoms with Gasteiger partial charge < -0.3 is 45.8 Å². The number of hydrogen-bond acceptors (Lipinski definition) is 16. The van der Waals surface area contributed by atoms with Crippen LogP contribution in [0, 0.1) is 30.3 Å². The fourth-order valence-electron chi connectivity index (χ4n) is 4.33. The molecule has 21 nitrogen and oxygen atoms in total. The van der Waals surface area contributed by atoms with Crippen molar-refractivity contribution in [1.29, 1.82) is 0 Å². The van der Waals surface area contributed by atoms with Gasteiger partial charge in [-0.15, -0.1) is 0 Å². The Labute approximate surface area is 356 Å². The first-order valence-corrected chi connectivity index (χ1v) is 16.0. The Morgan fingerprint density at radius 1 is 0.610 bits per heavy atom. The number of methoxy groups -OCH3 is 2. The fourth-order valence-corrected chi connectivity index (χ4v) is 4.33. The molecule has 0 fully saturated rings. The van der Waals surface area contributed by atoms with Gasteiger partial charge in [0.05, 0.1) is 45.7 Å². The number of phenols is 1. The van der Waals surface area contributed by atoms with Gasteiger partial charge in [0.2, 0.25) is 0 Å². The standard InChI is InChI=1S/C15H13NO5.C14H11NO5.C8H7NO5.H3N2O.Na/c1-20-15(17)12-7-8-13(16(18)19)14(9-12)21-10-11-5-3-2-4-6-11;16-14(17)11-6-7-12(15(18)19)13(8-11)20-9-10-4-2-1-3-5-10;1-14-8(11)5-2-3-6(9(12)13)7(10)4-5;1-2-3;/h2-9H,10H2,1H3;1-8H,9H2,(H,16,17);2-4,10H,1H3;3H,1H2;/q;;;-1;+1. The number of ether oxygens (including phenoxy) is 4. The van der Waals surface area contributed by atoms with E-state index >= 15 is 0 Å². The van der Waals surface area contributed by atoms with E-state index in [1.807, 2.05) is 66.3 Å². The van der Waals surface area contributed by atoms with Crippen molar-refractivity contribution in [2.24, 2.45) is 5.84 Å². The topological polar surface area (TPSA) is 318 Å². The van der Waals surface area contributed by atoms with Gasteiger partial charge in [-0.1, -0.05) is 60.7 Å². The maximum absolute atomic E-state index is 11.5. The molecule has 5 aromatic carbocycles. The normalized spacial score (nSPS) is 9.49. The average Bonchev–Trinajstić information content (AvgIpc) is 3.22. The Morgan fingerprint density at radius 2 is 0.949 bits per heavy atom. The summed E-state index contributed by atoms with van der Waals surface area (Å²) in [5.74, 6) is 1.05. The molecule has 0 aliphatic rings. The van der Waals surface area contributed by atoms with Crippen LogP contribution in [0.3, 0.4) is 0 Å². The van der Waals surface area contributed by atoms with Crippen LogP contribution in [-0.4, -0.2) is 62.3 Å². The number of nitro benzene ring substituents is 3. The summed E-state index contributed by atoms with van der Waals surface area (Å²) in [7, 11) is 2.43. The Kier molecular flexibility index (Phi) is 22.0. The largest absolute Gasteiger partial charge is 1.00 e. The number of nitrogens with two attached hydrogens (primary N) is 1. The van der Waals surface area contributed by atoms with Gasteiger partial charge in [0.15, 0.2) is 17.2 Å². The van der Waals surface area contributed by atoms with Crippen LogP contribution in [0.4, 0.5) is 17.1 Å². The quantitative estimate of drug-likeness (QED) is 0.0459. The van der Waals surface area contributed by atoms with Crippen LogP contribution < -0.4 is 44.9 Å². The number of aromatic carboxylic acids is 1. The van der Waals surface area contributed by atoms with Gasteiger partial charge in [0, 0.05) is 36.4 Å². The number of hydrogen-bond donors (Lipinski definition) is 4. The Bertz CT molecular complexity index is 2200. The number of esters is 2. The molecule has 5 rings (SSSR count). The molecular weight excluding hydrogens is 793 g/mol. The second-order valence-corrected chi connectivity index (χ2v) is 10.8. The average molecular weight is 828 g/mol. The number of rotatable bonds is 12. The van der Waals surface area contributed by atoms with Crippen LogP contribution in [0.2, 0.25) is 0 Å². The summed E-state index contributed by atoms with van der Waals surface area (Å²) in [6.45, 7) is 0.303. The third-order valence-corrected chi connectivity index (χ3v) is 7.05. The van der Waals surface area contributed by atoms with Crippen molar-refractivity contribution in [3.63, 3.8) is 0 Å². The van der Waals surface area contributed by atoms with Gasteiger partial charge in [-0.25, -0.2) is 14.4 Å². The van der Waals surface area contributed by atoms with Crippen LogP contribution in [0.25, 0.3) is 5.59 Å². The van der Waals surface area contributed by atoms with Gasteiger partial charge in [-0.3, -0.25) is 30.3 Å². The van der Waals surface area contributed by atoms with E-state index in [2.05, 4.69) is 15.3 Å². The molecule has 22 heteroatoms. The van der Waals surface area contributed by atoms with Crippen molar-refractivity contribution < 1.29 is 93.1 Å². The molecule has 0 aromatic heterocycles. The van der Waals surface area contributed by atoms with Gasteiger partial charge in [-0.2, -0.15) is 0 Å². The molecule has 0 aliphatic carbocycles. The molecule has 59 heavy (non-hydrogen) atoms. The minimum Gasteiger partial charge on any atom is -0.502 e. The Morgan fingerprint density at radius 3 is 1.29 bits per heavy atom. The minimum absolute atomic E-state index is 0. The van der Waals surface area contributed by atoms with Crippen molar-refractivity contribution in [3.8, 4) is 17.2 Å². The van der Waals surface area contributed by atoms with Gasteiger partial charge in [0.1, 0.15) is 13.2 Å². The Balaban J connectivity index is 0.000000432. The zero-order valence-corrected chi connectivity index (χ0v) is 33.4. The van der Waals surface area contributed by atoms with Crippen LogP contribution in [-0.2, 0) is 22.7 Å². The van der Waals surface area contributed by atoms with Gasteiger partial charge >= 0.3 is 64.5 Å². The molecule has 0 saturated heterocycles. The molecule has 0 spiro atoms. The molecule has 0 unspecified atom stereocenters. The van der Waals surface area contributed by atoms with Crippen LogP contribution in [0.5, 0.6) is 17.2 Å². The fraction of sp³-hybridized carbons (Fsp3) is 0.108. The maximum Gasteiger partial charge on any atom is 1.00 e. The maximum atomic E-state index is 11.5. The number of carboxylic acids is 1. The minimum atomic E-state index is -1.16. The summed E-state index contributed by atoms with van der Waals surface area (Å²) in [4.78, 5) is 63.6. The van der Waals surface area contributed by atoms with Crippen molar-refractivity contribution >= 4 is 35.0 Å². The summed E-state index contributed by atoms with van der Waals surface area (Å²) < 4.78 is 19.8. The first-order valence-electron chi connectivity index (χ1n) is 16.0. The number of aromatic hydroxyl groups is 1. The van der Waals surface area contributed by atoms with Crippen molar-refractivity contribution in [1.82, 2.24) is 0 Å². The summed E-state index contributed by atoms with van der Waals surface area (Å²) >= 11 is 0. The second kappa shape index (κ2) is 26.0. The predicted molar refractivity (Wildman–Crippen MR) is 201 cm³/mol. The molecule has 0 heterocycles. The van der Waals surface area contributed by atoms with Crippen LogP contribution in [0.1, 0.15) is 42.2 Å². The van der Waals surface area contributed by atoms with Crippen molar-refractivity contribution in [3.05, 3.63) is 179 Å². The van der Waals surface area contributed by atoms with E-state index < -0.39 is 44.1 Å². The molecule has 0 bridgehead atoms. The summed E-state index contributed by atoms with van der Waals surface area (Å²) in [6.07, 6.45) is 0. The number of carboxylic acid groups (broad SMARTS) is 1. The van der Waals surface area contributed by atoms with Crippen molar-refractivity contribution in [2.75, 3.05) is 14.2 Å². The summed E-state index contributed by atoms with van der Waals surface area (Å²) in [5, 5.41) is 57.2. The number of nitrogens with zero attached hydrogens (tertiary/aromatic N) is 4. The number of benzene rings is 5. The van der Waals surface area contributed by atoms with E-state index in [-0.39, 0.29) is 82.3 Å². The van der Waals surface area contributed by atoms with E-state index in [1.54, 1.807) is 0 Å². The van der Waals surface area contributed by atoms with E-state index in [9.17, 15) is 44.7 Å². The van der Waals surface area contributed by atoms with E-state index in [4.69, 9.17) is 24.9 Å². The zero-order chi connectivity index (χ0) is 43.2. The smallest absolute Gasteiger partial charge is 0.502 e. The monoisotopic (exact) mass is 827 g/mol. The number of carbonyl (C=O) groups is 3. The SMILES string of the molecule is COC(=O)c1ccc([N+](=O)[O-])c(O)c1.COC(=O)c1ccc([N+](=O)[O-])c(OCc2ccccc2)c1.N[N-]O.O=C(O)c1ccc([N+](=O)[O-])c(OCc2ccccc2)c1.[Na+]. The number of carbonyl (C=O) groups excluding carboxylic acids is 2. The zero-order valence-electron chi connectivity index (χ0n) is 31.4. The molecule has 0 radical (unpaired) electrons. The van der Waals surface area contributed by atoms with Crippen molar-refractivity contribution in [2.45, 2.75) is 13.2 Å². The van der Waals surface area contributed by atoms with Gasteiger partial charge in [0.25, 0.3) is 0 Å². The van der Waals surface area contributed by atoms with Gasteiger partial charge in [-0.05, 0) is 29.3 Å². The third kappa shape index (κ3) is 16.6. The molecule has 0 aliphatic heterocycles. The molecular formula is C37H34N5NaO16. The Hall–Kier alpha value is -7.01. The predicted octanol–water partition coefficient (Wildman–Crippen LogP) is 3.55. The molecule has 0 atom stereocenters. The molecule has 0 amide bonds. The summed E-state index contributed by atoms with van der Waals surface area (Å²) in [5.41, 5.74) is 3.01. The van der Waals surface area contributed by atoms with E-state index in [0.29, 0.717) is 0 Å². The molecule has 5 N–H and O–H groups in total. The van der Waals surface area contributed by atoms with Crippen LogP contribution >= 0.6 is 0 Å². The first kappa shape index (κ1) is 50.0.